The lowest BCUT2D eigenvalue weighted by Gasteiger charge is -2.20. The van der Waals surface area contributed by atoms with E-state index in [1.807, 2.05) is 18.6 Å². The molecule has 5 heteroatoms. The molecule has 0 saturated heterocycles. The second-order valence-corrected chi connectivity index (χ2v) is 5.96. The van der Waals surface area contributed by atoms with Crippen LogP contribution in [-0.2, 0) is 13.0 Å². The molecule has 0 amide bonds. The Morgan fingerprint density at radius 2 is 2.05 bits per heavy atom. The van der Waals surface area contributed by atoms with Gasteiger partial charge in [-0.05, 0) is 59.4 Å². The average Bonchev–Trinajstić information content (AvgIpc) is 2.86. The van der Waals surface area contributed by atoms with Crippen molar-refractivity contribution in [2.75, 3.05) is 6.54 Å². The van der Waals surface area contributed by atoms with E-state index in [1.165, 1.54) is 11.3 Å². The molecule has 114 valence electrons. The van der Waals surface area contributed by atoms with Crippen molar-refractivity contribution in [3.8, 4) is 0 Å². The number of hydrogen-bond acceptors (Lipinski definition) is 3. The van der Waals surface area contributed by atoms with E-state index in [2.05, 4.69) is 62.0 Å². The van der Waals surface area contributed by atoms with Crippen molar-refractivity contribution >= 4 is 15.9 Å². The summed E-state index contributed by atoms with van der Waals surface area (Å²) in [6.45, 7) is 6.23. The molecule has 0 aliphatic rings. The van der Waals surface area contributed by atoms with Gasteiger partial charge in [-0.3, -0.25) is 9.67 Å². The number of aromatic nitrogens is 3. The van der Waals surface area contributed by atoms with Gasteiger partial charge in [0.15, 0.2) is 0 Å². The third-order valence-electron chi connectivity index (χ3n) is 3.52. The van der Waals surface area contributed by atoms with Gasteiger partial charge >= 0.3 is 0 Å². The van der Waals surface area contributed by atoms with Crippen LogP contribution in [0, 0.1) is 0 Å². The summed E-state index contributed by atoms with van der Waals surface area (Å²) >= 11 is 3.65. The van der Waals surface area contributed by atoms with Gasteiger partial charge in [-0.15, -0.1) is 0 Å². The fourth-order valence-electron chi connectivity index (χ4n) is 2.55. The molecule has 0 aliphatic heterocycles. The van der Waals surface area contributed by atoms with E-state index in [0.29, 0.717) is 6.04 Å². The first kappa shape index (κ1) is 16.2. The number of nitrogens with zero attached hydrogens (tertiary/aromatic N) is 3. The number of hydrogen-bond donors (Lipinski definition) is 1. The molecule has 0 aliphatic carbocycles. The van der Waals surface area contributed by atoms with Crippen LogP contribution < -0.4 is 5.32 Å². The first-order valence-corrected chi connectivity index (χ1v) is 8.39. The summed E-state index contributed by atoms with van der Waals surface area (Å²) in [6, 6.07) is 4.48. The van der Waals surface area contributed by atoms with Crippen molar-refractivity contribution in [1.29, 1.82) is 0 Å². The smallest absolute Gasteiger partial charge is 0.0695 e. The molecule has 2 heterocycles. The summed E-state index contributed by atoms with van der Waals surface area (Å²) in [5, 5.41) is 8.07. The van der Waals surface area contributed by atoms with Crippen LogP contribution in [0.15, 0.2) is 35.2 Å². The number of aryl methyl sites for hydroxylation is 2. The molecule has 21 heavy (non-hydrogen) atoms. The fourth-order valence-corrected chi connectivity index (χ4v) is 3.12. The maximum atomic E-state index is 4.48. The Kier molecular flexibility index (Phi) is 6.39. The average molecular weight is 351 g/mol. The van der Waals surface area contributed by atoms with E-state index >= 15 is 0 Å². The van der Waals surface area contributed by atoms with E-state index in [9.17, 15) is 0 Å². The quantitative estimate of drug-likeness (QED) is 0.788. The first-order chi connectivity index (χ1) is 10.3. The summed E-state index contributed by atoms with van der Waals surface area (Å²) in [6.07, 6.45) is 8.78. The predicted octanol–water partition coefficient (Wildman–Crippen LogP) is 3.73. The second kappa shape index (κ2) is 8.29. The van der Waals surface area contributed by atoms with Crippen LogP contribution in [0.5, 0.6) is 0 Å². The van der Waals surface area contributed by atoms with Gasteiger partial charge in [0.25, 0.3) is 0 Å². The lowest BCUT2D eigenvalue weighted by molar-refractivity contribution is 0.456. The van der Waals surface area contributed by atoms with Crippen LogP contribution in [0.3, 0.4) is 0 Å². The van der Waals surface area contributed by atoms with Crippen molar-refractivity contribution in [2.24, 2.45) is 0 Å². The Balaban J connectivity index is 2.13. The molecule has 2 aromatic heterocycles. The Bertz CT molecular complexity index is 538. The van der Waals surface area contributed by atoms with Crippen molar-refractivity contribution in [3.05, 3.63) is 46.5 Å². The standard InChI is InChI=1S/C16H23BrN4/c1-3-11-21-16(14(17)12-20-21)15(19-4-2)6-5-13-7-9-18-10-8-13/h7-10,12,15,19H,3-6,11H2,1-2H3. The molecule has 4 nitrogen and oxygen atoms in total. The molecule has 0 spiro atoms. The Hall–Kier alpha value is -1.20. The maximum absolute atomic E-state index is 4.48. The highest BCUT2D eigenvalue weighted by Crippen LogP contribution is 2.27. The minimum Gasteiger partial charge on any atom is -0.309 e. The summed E-state index contributed by atoms with van der Waals surface area (Å²) < 4.78 is 3.21. The highest BCUT2D eigenvalue weighted by molar-refractivity contribution is 9.10. The van der Waals surface area contributed by atoms with E-state index < -0.39 is 0 Å². The Morgan fingerprint density at radius 3 is 2.71 bits per heavy atom. The molecule has 0 fully saturated rings. The van der Waals surface area contributed by atoms with E-state index in [-0.39, 0.29) is 0 Å². The van der Waals surface area contributed by atoms with Crippen molar-refractivity contribution in [1.82, 2.24) is 20.1 Å². The van der Waals surface area contributed by atoms with Crippen molar-refractivity contribution in [2.45, 2.75) is 45.7 Å². The Morgan fingerprint density at radius 1 is 1.29 bits per heavy atom. The van der Waals surface area contributed by atoms with E-state index in [0.717, 1.165) is 36.8 Å². The van der Waals surface area contributed by atoms with Crippen LogP contribution in [0.1, 0.15) is 44.0 Å². The molecule has 1 unspecified atom stereocenters. The highest BCUT2D eigenvalue weighted by atomic mass is 79.9. The zero-order chi connectivity index (χ0) is 15.1. The summed E-state index contributed by atoms with van der Waals surface area (Å²) in [5.41, 5.74) is 2.58. The normalized spacial score (nSPS) is 12.5. The number of halogens is 1. The third kappa shape index (κ3) is 4.38. The van der Waals surface area contributed by atoms with E-state index in [4.69, 9.17) is 0 Å². The maximum Gasteiger partial charge on any atom is 0.0695 e. The van der Waals surface area contributed by atoms with Gasteiger partial charge in [0.1, 0.15) is 0 Å². The molecule has 2 rings (SSSR count). The van der Waals surface area contributed by atoms with Gasteiger partial charge in [-0.2, -0.15) is 5.10 Å². The second-order valence-electron chi connectivity index (χ2n) is 5.11. The molecule has 0 saturated carbocycles. The number of pyridine rings is 1. The van der Waals surface area contributed by atoms with Gasteiger partial charge in [-0.1, -0.05) is 13.8 Å². The molecule has 0 bridgehead atoms. The summed E-state index contributed by atoms with van der Waals surface area (Å²) in [4.78, 5) is 4.07. The molecule has 0 radical (unpaired) electrons. The summed E-state index contributed by atoms with van der Waals surface area (Å²) in [7, 11) is 0. The third-order valence-corrected chi connectivity index (χ3v) is 4.13. The minimum absolute atomic E-state index is 0.312. The molecule has 2 aromatic rings. The van der Waals surface area contributed by atoms with Gasteiger partial charge in [0, 0.05) is 18.9 Å². The molecular weight excluding hydrogens is 328 g/mol. The van der Waals surface area contributed by atoms with Gasteiger partial charge in [-0.25, -0.2) is 0 Å². The number of rotatable bonds is 8. The zero-order valence-electron chi connectivity index (χ0n) is 12.7. The molecule has 1 N–H and O–H groups in total. The summed E-state index contributed by atoms with van der Waals surface area (Å²) in [5.74, 6) is 0. The van der Waals surface area contributed by atoms with Gasteiger partial charge < -0.3 is 5.32 Å². The lowest BCUT2D eigenvalue weighted by atomic mass is 10.0. The molecule has 0 aromatic carbocycles. The lowest BCUT2D eigenvalue weighted by Crippen LogP contribution is -2.25. The van der Waals surface area contributed by atoms with Crippen LogP contribution in [-0.4, -0.2) is 21.3 Å². The van der Waals surface area contributed by atoms with Gasteiger partial charge in [0.2, 0.25) is 0 Å². The number of nitrogens with one attached hydrogen (secondary N) is 1. The van der Waals surface area contributed by atoms with Crippen LogP contribution in [0.4, 0.5) is 0 Å². The predicted molar refractivity (Wildman–Crippen MR) is 89.2 cm³/mol. The molecule has 1 atom stereocenters. The zero-order valence-corrected chi connectivity index (χ0v) is 14.3. The van der Waals surface area contributed by atoms with Crippen molar-refractivity contribution in [3.63, 3.8) is 0 Å². The topological polar surface area (TPSA) is 42.7 Å². The van der Waals surface area contributed by atoms with Crippen LogP contribution >= 0.6 is 15.9 Å². The molecular formula is C16H23BrN4. The highest BCUT2D eigenvalue weighted by Gasteiger charge is 2.19. The van der Waals surface area contributed by atoms with Gasteiger partial charge in [0.05, 0.1) is 22.4 Å². The monoisotopic (exact) mass is 350 g/mol. The SMILES string of the molecule is CCCn1ncc(Br)c1C(CCc1ccncc1)NCC. The largest absolute Gasteiger partial charge is 0.309 e. The van der Waals surface area contributed by atoms with Crippen LogP contribution in [0.2, 0.25) is 0 Å². The van der Waals surface area contributed by atoms with Crippen LogP contribution in [0.25, 0.3) is 0 Å². The fraction of sp³-hybridized carbons (Fsp3) is 0.500. The van der Waals surface area contributed by atoms with E-state index in [1.54, 1.807) is 0 Å². The minimum atomic E-state index is 0.312. The van der Waals surface area contributed by atoms with Crippen molar-refractivity contribution < 1.29 is 0 Å². The first-order valence-electron chi connectivity index (χ1n) is 7.59. The Labute approximate surface area is 135 Å².